The van der Waals surface area contributed by atoms with E-state index in [1.807, 2.05) is 32.0 Å². The van der Waals surface area contributed by atoms with Gasteiger partial charge in [0.05, 0.1) is 11.4 Å². The standard InChI is InChI=1S/C13H17N3O2S/c1-8-4-5-10(6-9(8)2)12-11(7-19(3,17)18)15-16-13(12)14/h4-6H,7H2,1-3H3,(H3,14,15,16). The molecule has 1 heterocycles. The van der Waals surface area contributed by atoms with Crippen molar-refractivity contribution in [1.82, 2.24) is 10.2 Å². The zero-order valence-corrected chi connectivity index (χ0v) is 12.0. The molecule has 0 atom stereocenters. The lowest BCUT2D eigenvalue weighted by molar-refractivity contribution is 0.600. The molecule has 102 valence electrons. The van der Waals surface area contributed by atoms with Crippen molar-refractivity contribution in [2.24, 2.45) is 0 Å². The van der Waals surface area contributed by atoms with E-state index in [2.05, 4.69) is 10.2 Å². The summed E-state index contributed by atoms with van der Waals surface area (Å²) in [6.45, 7) is 4.03. The maximum absolute atomic E-state index is 11.4. The molecule has 3 N–H and O–H groups in total. The fourth-order valence-electron chi connectivity index (χ4n) is 1.98. The molecule has 1 aromatic heterocycles. The van der Waals surface area contributed by atoms with E-state index in [0.29, 0.717) is 17.1 Å². The summed E-state index contributed by atoms with van der Waals surface area (Å²) in [7, 11) is -3.14. The van der Waals surface area contributed by atoms with Gasteiger partial charge in [-0.3, -0.25) is 5.10 Å². The zero-order valence-electron chi connectivity index (χ0n) is 11.2. The van der Waals surface area contributed by atoms with Gasteiger partial charge in [-0.05, 0) is 30.5 Å². The highest BCUT2D eigenvalue weighted by Gasteiger charge is 2.17. The molecule has 0 saturated carbocycles. The van der Waals surface area contributed by atoms with Crippen LogP contribution in [0.15, 0.2) is 18.2 Å². The molecule has 1 aromatic carbocycles. The van der Waals surface area contributed by atoms with E-state index in [1.165, 1.54) is 11.8 Å². The third kappa shape index (κ3) is 2.96. The predicted octanol–water partition coefficient (Wildman–Crippen LogP) is 1.82. The van der Waals surface area contributed by atoms with Crippen molar-refractivity contribution in [3.63, 3.8) is 0 Å². The van der Waals surface area contributed by atoms with Gasteiger partial charge in [-0.15, -0.1) is 0 Å². The molecule has 0 radical (unpaired) electrons. The summed E-state index contributed by atoms with van der Waals surface area (Å²) in [5, 5.41) is 6.63. The maximum Gasteiger partial charge on any atom is 0.153 e. The Hall–Kier alpha value is -1.82. The molecule has 0 aliphatic carbocycles. The summed E-state index contributed by atoms with van der Waals surface area (Å²) >= 11 is 0. The van der Waals surface area contributed by atoms with Crippen LogP contribution < -0.4 is 5.73 Å². The van der Waals surface area contributed by atoms with Gasteiger partial charge >= 0.3 is 0 Å². The first kappa shape index (κ1) is 13.6. The van der Waals surface area contributed by atoms with Gasteiger partial charge in [0.15, 0.2) is 15.7 Å². The number of hydrogen-bond donors (Lipinski definition) is 2. The number of aryl methyl sites for hydroxylation is 2. The van der Waals surface area contributed by atoms with Gasteiger partial charge in [0, 0.05) is 11.8 Å². The monoisotopic (exact) mass is 279 g/mol. The molecule has 5 nitrogen and oxygen atoms in total. The van der Waals surface area contributed by atoms with E-state index in [-0.39, 0.29) is 5.75 Å². The molecule has 0 aliphatic heterocycles. The lowest BCUT2D eigenvalue weighted by atomic mass is 10.0. The number of H-pyrrole nitrogens is 1. The van der Waals surface area contributed by atoms with Gasteiger partial charge in [-0.2, -0.15) is 5.10 Å². The molecule has 2 rings (SSSR count). The van der Waals surface area contributed by atoms with Crippen LogP contribution in [0.25, 0.3) is 11.1 Å². The Kier molecular flexibility index (Phi) is 3.36. The number of nitrogens with one attached hydrogen (secondary N) is 1. The Balaban J connectivity index is 2.55. The Morgan fingerprint density at radius 3 is 2.53 bits per heavy atom. The average molecular weight is 279 g/mol. The molecule has 0 saturated heterocycles. The van der Waals surface area contributed by atoms with Crippen LogP contribution in [0.4, 0.5) is 5.82 Å². The highest BCUT2D eigenvalue weighted by molar-refractivity contribution is 7.89. The van der Waals surface area contributed by atoms with Crippen LogP contribution in [-0.2, 0) is 15.6 Å². The third-order valence-corrected chi connectivity index (χ3v) is 3.88. The van der Waals surface area contributed by atoms with Crippen molar-refractivity contribution in [1.29, 1.82) is 0 Å². The normalized spacial score (nSPS) is 11.7. The second-order valence-electron chi connectivity index (χ2n) is 4.83. The first-order valence-electron chi connectivity index (χ1n) is 5.86. The van der Waals surface area contributed by atoms with Crippen LogP contribution in [-0.4, -0.2) is 24.9 Å². The lowest BCUT2D eigenvalue weighted by Crippen LogP contribution is -2.02. The summed E-state index contributed by atoms with van der Waals surface area (Å²) in [6.07, 6.45) is 1.19. The number of aromatic nitrogens is 2. The van der Waals surface area contributed by atoms with Crippen molar-refractivity contribution < 1.29 is 8.42 Å². The molecule has 6 heteroatoms. The van der Waals surface area contributed by atoms with Crippen LogP contribution in [0, 0.1) is 13.8 Å². The molecule has 2 aromatic rings. The number of nitrogens with two attached hydrogens (primary N) is 1. The number of benzene rings is 1. The van der Waals surface area contributed by atoms with Crippen molar-refractivity contribution in [3.05, 3.63) is 35.0 Å². The van der Waals surface area contributed by atoms with E-state index in [0.717, 1.165) is 11.1 Å². The number of nitrogens with zero attached hydrogens (tertiary/aromatic N) is 1. The lowest BCUT2D eigenvalue weighted by Gasteiger charge is -2.07. The van der Waals surface area contributed by atoms with Gasteiger partial charge < -0.3 is 5.73 Å². The molecule has 19 heavy (non-hydrogen) atoms. The smallest absolute Gasteiger partial charge is 0.153 e. The summed E-state index contributed by atoms with van der Waals surface area (Å²) in [4.78, 5) is 0. The van der Waals surface area contributed by atoms with E-state index in [4.69, 9.17) is 5.73 Å². The molecule has 0 aliphatic rings. The van der Waals surface area contributed by atoms with Gasteiger partial charge in [-0.1, -0.05) is 18.2 Å². The molecular weight excluding hydrogens is 262 g/mol. The van der Waals surface area contributed by atoms with E-state index in [1.54, 1.807) is 0 Å². The van der Waals surface area contributed by atoms with E-state index >= 15 is 0 Å². The second kappa shape index (κ2) is 4.70. The van der Waals surface area contributed by atoms with E-state index < -0.39 is 9.84 Å². The predicted molar refractivity (Wildman–Crippen MR) is 76.5 cm³/mol. The minimum Gasteiger partial charge on any atom is -0.382 e. The third-order valence-electron chi connectivity index (χ3n) is 3.07. The summed E-state index contributed by atoms with van der Waals surface area (Å²) < 4.78 is 22.9. The minimum absolute atomic E-state index is 0.0978. The highest BCUT2D eigenvalue weighted by atomic mass is 32.2. The zero-order chi connectivity index (χ0) is 14.2. The van der Waals surface area contributed by atoms with Crippen LogP contribution in [0.3, 0.4) is 0 Å². The average Bonchev–Trinajstić information content (AvgIpc) is 2.62. The number of hydrogen-bond acceptors (Lipinski definition) is 4. The van der Waals surface area contributed by atoms with Crippen LogP contribution in [0.5, 0.6) is 0 Å². The molecule has 0 bridgehead atoms. The van der Waals surface area contributed by atoms with Crippen molar-refractivity contribution in [2.45, 2.75) is 19.6 Å². The van der Waals surface area contributed by atoms with Crippen molar-refractivity contribution in [3.8, 4) is 11.1 Å². The van der Waals surface area contributed by atoms with Gasteiger partial charge in [0.25, 0.3) is 0 Å². The highest BCUT2D eigenvalue weighted by Crippen LogP contribution is 2.30. The van der Waals surface area contributed by atoms with Gasteiger partial charge in [-0.25, -0.2) is 8.42 Å². The van der Waals surface area contributed by atoms with Crippen molar-refractivity contribution >= 4 is 15.7 Å². The number of nitrogen functional groups attached to an aromatic ring is 1. The Labute approximate surface area is 112 Å². The first-order chi connectivity index (χ1) is 8.78. The van der Waals surface area contributed by atoms with Crippen LogP contribution in [0.1, 0.15) is 16.8 Å². The molecule has 0 fully saturated rings. The molecule has 0 amide bonds. The first-order valence-corrected chi connectivity index (χ1v) is 7.92. The quantitative estimate of drug-likeness (QED) is 0.897. The number of rotatable bonds is 3. The molecular formula is C13H17N3O2S. The fraction of sp³-hybridized carbons (Fsp3) is 0.308. The number of aromatic amines is 1. The summed E-state index contributed by atoms with van der Waals surface area (Å²) in [5.74, 6) is 0.223. The molecule has 0 unspecified atom stereocenters. The Bertz CT molecular complexity index is 717. The van der Waals surface area contributed by atoms with Crippen LogP contribution in [0.2, 0.25) is 0 Å². The summed E-state index contributed by atoms with van der Waals surface area (Å²) in [5.41, 5.74) is 10.2. The maximum atomic E-state index is 11.4. The van der Waals surface area contributed by atoms with Crippen molar-refractivity contribution in [2.75, 3.05) is 12.0 Å². The Morgan fingerprint density at radius 1 is 1.26 bits per heavy atom. The largest absolute Gasteiger partial charge is 0.382 e. The van der Waals surface area contributed by atoms with Crippen LogP contribution >= 0.6 is 0 Å². The van der Waals surface area contributed by atoms with Gasteiger partial charge in [0.1, 0.15) is 0 Å². The SMILES string of the molecule is Cc1ccc(-c2c(N)n[nH]c2CS(C)(=O)=O)cc1C. The van der Waals surface area contributed by atoms with Gasteiger partial charge in [0.2, 0.25) is 0 Å². The molecule has 0 spiro atoms. The van der Waals surface area contributed by atoms with E-state index in [9.17, 15) is 8.42 Å². The minimum atomic E-state index is -3.14. The number of sulfone groups is 1. The fourth-order valence-corrected chi connectivity index (χ4v) is 2.71. The number of anilines is 1. The Morgan fingerprint density at radius 2 is 1.95 bits per heavy atom. The summed E-state index contributed by atoms with van der Waals surface area (Å²) in [6, 6.07) is 5.90. The second-order valence-corrected chi connectivity index (χ2v) is 6.97. The topological polar surface area (TPSA) is 88.8 Å².